The van der Waals surface area contributed by atoms with E-state index < -0.39 is 0 Å². The van der Waals surface area contributed by atoms with Crippen molar-refractivity contribution in [3.8, 4) is 0 Å². The van der Waals surface area contributed by atoms with Crippen LogP contribution in [0.15, 0.2) is 0 Å². The van der Waals surface area contributed by atoms with Crippen LogP contribution in [0, 0.1) is 11.3 Å². The Morgan fingerprint density at radius 1 is 1.35 bits per heavy atom. The number of piperidine rings is 1. The molecule has 0 bridgehead atoms. The molecule has 2 rings (SSSR count). The molecule has 0 atom stereocenters. The molecule has 3 heteroatoms. The highest BCUT2D eigenvalue weighted by atomic mass is 32.1. The van der Waals surface area contributed by atoms with E-state index in [2.05, 4.69) is 11.8 Å². The van der Waals surface area contributed by atoms with E-state index in [4.69, 9.17) is 18.0 Å². The SMILES string of the molecule is CCCC1CCN(CC2(CC(N)=S)CC2)CC1. The van der Waals surface area contributed by atoms with Gasteiger partial charge in [0, 0.05) is 13.0 Å². The Hall–Kier alpha value is -0.150. The van der Waals surface area contributed by atoms with Crippen LogP contribution in [0.4, 0.5) is 0 Å². The standard InChI is InChI=1S/C14H26N2S/c1-2-3-12-4-8-16(9-5-12)11-14(6-7-14)10-13(15)17/h12H,2-11H2,1H3,(H2,15,17). The van der Waals surface area contributed by atoms with Crippen molar-refractivity contribution in [2.75, 3.05) is 19.6 Å². The van der Waals surface area contributed by atoms with Crippen molar-refractivity contribution >= 4 is 17.2 Å². The van der Waals surface area contributed by atoms with Crippen LogP contribution >= 0.6 is 12.2 Å². The fraction of sp³-hybridized carbons (Fsp3) is 0.929. The van der Waals surface area contributed by atoms with Crippen LogP contribution in [0.3, 0.4) is 0 Å². The molecule has 0 aromatic carbocycles. The topological polar surface area (TPSA) is 29.3 Å². The van der Waals surface area contributed by atoms with Gasteiger partial charge in [-0.25, -0.2) is 0 Å². The summed E-state index contributed by atoms with van der Waals surface area (Å²) in [4.78, 5) is 3.36. The third-order valence-corrected chi connectivity index (χ3v) is 4.61. The van der Waals surface area contributed by atoms with Crippen molar-refractivity contribution in [1.29, 1.82) is 0 Å². The normalized spacial score (nSPS) is 24.8. The number of nitrogens with two attached hydrogens (primary N) is 1. The van der Waals surface area contributed by atoms with Crippen molar-refractivity contribution in [3.63, 3.8) is 0 Å². The summed E-state index contributed by atoms with van der Waals surface area (Å²) in [6.07, 6.45) is 9.20. The maximum Gasteiger partial charge on any atom is 0.0733 e. The van der Waals surface area contributed by atoms with Crippen molar-refractivity contribution in [2.24, 2.45) is 17.1 Å². The first-order valence-corrected chi connectivity index (χ1v) is 7.55. The molecule has 2 aliphatic rings. The molecule has 2 N–H and O–H groups in total. The molecule has 0 unspecified atom stereocenters. The molecule has 2 fully saturated rings. The molecule has 1 aliphatic heterocycles. The summed E-state index contributed by atoms with van der Waals surface area (Å²) in [6.45, 7) is 6.13. The third kappa shape index (κ3) is 3.92. The average molecular weight is 254 g/mol. The van der Waals surface area contributed by atoms with E-state index in [9.17, 15) is 0 Å². The summed E-state index contributed by atoms with van der Waals surface area (Å²) in [7, 11) is 0. The van der Waals surface area contributed by atoms with Crippen LogP contribution in [-0.2, 0) is 0 Å². The monoisotopic (exact) mass is 254 g/mol. The Morgan fingerprint density at radius 3 is 2.47 bits per heavy atom. The number of hydrogen-bond acceptors (Lipinski definition) is 2. The molecule has 0 radical (unpaired) electrons. The Bertz CT molecular complexity index is 265. The van der Waals surface area contributed by atoms with Gasteiger partial charge in [-0.3, -0.25) is 0 Å². The summed E-state index contributed by atoms with van der Waals surface area (Å²) in [5, 5.41) is 0. The van der Waals surface area contributed by atoms with E-state index in [1.54, 1.807) is 0 Å². The summed E-state index contributed by atoms with van der Waals surface area (Å²) in [5.41, 5.74) is 6.17. The fourth-order valence-electron chi connectivity index (χ4n) is 3.25. The number of thiocarbonyl (C=S) groups is 1. The van der Waals surface area contributed by atoms with Crippen molar-refractivity contribution in [3.05, 3.63) is 0 Å². The van der Waals surface area contributed by atoms with Crippen LogP contribution in [0.2, 0.25) is 0 Å². The predicted octanol–water partition coefficient (Wildman–Crippen LogP) is 2.95. The largest absolute Gasteiger partial charge is 0.393 e. The van der Waals surface area contributed by atoms with Gasteiger partial charge < -0.3 is 10.6 Å². The summed E-state index contributed by atoms with van der Waals surface area (Å²) in [6, 6.07) is 0. The second kappa shape index (κ2) is 5.66. The van der Waals surface area contributed by atoms with Crippen LogP contribution in [0.5, 0.6) is 0 Å². The number of likely N-dealkylation sites (tertiary alicyclic amines) is 1. The van der Waals surface area contributed by atoms with Gasteiger partial charge in [0.05, 0.1) is 4.99 Å². The summed E-state index contributed by atoms with van der Waals surface area (Å²) in [5.74, 6) is 0.988. The smallest absolute Gasteiger partial charge is 0.0733 e. The van der Waals surface area contributed by atoms with Crippen LogP contribution in [0.1, 0.15) is 51.9 Å². The Kier molecular flexibility index (Phi) is 4.42. The predicted molar refractivity (Wildman–Crippen MR) is 77.1 cm³/mol. The number of hydrogen-bond donors (Lipinski definition) is 1. The Labute approximate surface area is 111 Å². The first-order valence-electron chi connectivity index (χ1n) is 7.14. The molecule has 17 heavy (non-hydrogen) atoms. The van der Waals surface area contributed by atoms with E-state index in [1.165, 1.54) is 58.2 Å². The lowest BCUT2D eigenvalue weighted by Gasteiger charge is -2.34. The van der Waals surface area contributed by atoms with Crippen molar-refractivity contribution in [2.45, 2.75) is 51.9 Å². The average Bonchev–Trinajstić information content (AvgIpc) is 3.00. The van der Waals surface area contributed by atoms with Gasteiger partial charge in [-0.15, -0.1) is 0 Å². The lowest BCUT2D eigenvalue weighted by atomic mass is 9.91. The van der Waals surface area contributed by atoms with Crippen LogP contribution in [-0.4, -0.2) is 29.5 Å². The lowest BCUT2D eigenvalue weighted by Crippen LogP contribution is -2.38. The second-order valence-corrected chi connectivity index (χ2v) is 6.68. The van der Waals surface area contributed by atoms with Crippen molar-refractivity contribution in [1.82, 2.24) is 4.90 Å². The summed E-state index contributed by atoms with van der Waals surface area (Å²) < 4.78 is 0. The van der Waals surface area contributed by atoms with E-state index in [1.807, 2.05) is 0 Å². The minimum Gasteiger partial charge on any atom is -0.393 e. The van der Waals surface area contributed by atoms with E-state index in [-0.39, 0.29) is 0 Å². The molecule has 0 aromatic rings. The maximum absolute atomic E-state index is 5.70. The van der Waals surface area contributed by atoms with E-state index in [0.29, 0.717) is 10.4 Å². The molecule has 0 spiro atoms. The lowest BCUT2D eigenvalue weighted by molar-refractivity contribution is 0.151. The molecule has 2 nitrogen and oxygen atoms in total. The number of nitrogens with zero attached hydrogens (tertiary/aromatic N) is 1. The minimum atomic E-state index is 0.476. The highest BCUT2D eigenvalue weighted by Gasteiger charge is 2.44. The first kappa shape index (κ1) is 13.3. The molecule has 1 saturated heterocycles. The molecular weight excluding hydrogens is 228 g/mol. The maximum atomic E-state index is 5.70. The third-order valence-electron chi connectivity index (χ3n) is 4.47. The first-order chi connectivity index (χ1) is 8.13. The van der Waals surface area contributed by atoms with Gasteiger partial charge in [0.25, 0.3) is 0 Å². The Morgan fingerprint density at radius 2 is 2.00 bits per heavy atom. The van der Waals surface area contributed by atoms with Gasteiger partial charge in [-0.2, -0.15) is 0 Å². The number of rotatable bonds is 6. The van der Waals surface area contributed by atoms with Gasteiger partial charge in [0.1, 0.15) is 0 Å². The Balaban J connectivity index is 1.73. The van der Waals surface area contributed by atoms with Gasteiger partial charge in [-0.1, -0.05) is 32.0 Å². The van der Waals surface area contributed by atoms with Gasteiger partial charge >= 0.3 is 0 Å². The zero-order chi connectivity index (χ0) is 12.3. The van der Waals surface area contributed by atoms with Crippen LogP contribution < -0.4 is 5.73 Å². The van der Waals surface area contributed by atoms with Gasteiger partial charge in [0.15, 0.2) is 0 Å². The zero-order valence-corrected chi connectivity index (χ0v) is 11.9. The zero-order valence-electron chi connectivity index (χ0n) is 11.1. The molecule has 1 aliphatic carbocycles. The van der Waals surface area contributed by atoms with E-state index in [0.717, 1.165) is 12.3 Å². The molecule has 98 valence electrons. The molecule has 1 saturated carbocycles. The second-order valence-electron chi connectivity index (χ2n) is 6.15. The van der Waals surface area contributed by atoms with E-state index >= 15 is 0 Å². The minimum absolute atomic E-state index is 0.476. The summed E-state index contributed by atoms with van der Waals surface area (Å²) >= 11 is 5.06. The molecular formula is C14H26N2S. The quantitative estimate of drug-likeness (QED) is 0.739. The molecule has 1 heterocycles. The highest BCUT2D eigenvalue weighted by Crippen LogP contribution is 2.49. The fourth-order valence-corrected chi connectivity index (χ4v) is 3.56. The molecule has 0 aromatic heterocycles. The van der Waals surface area contributed by atoms with Crippen LogP contribution in [0.25, 0.3) is 0 Å². The molecule has 0 amide bonds. The van der Waals surface area contributed by atoms with Gasteiger partial charge in [-0.05, 0) is 50.1 Å². The van der Waals surface area contributed by atoms with Gasteiger partial charge in [0.2, 0.25) is 0 Å². The van der Waals surface area contributed by atoms with Crippen molar-refractivity contribution < 1.29 is 0 Å². The highest BCUT2D eigenvalue weighted by molar-refractivity contribution is 7.80.